The molecule has 1 aliphatic heterocycles. The average Bonchev–Trinajstić information content (AvgIpc) is 2.48. The Bertz CT molecular complexity index is 590. The largest absolute Gasteiger partial charge is 0.375 e. The summed E-state index contributed by atoms with van der Waals surface area (Å²) in [6.07, 6.45) is 1.28. The van der Waals surface area contributed by atoms with Gasteiger partial charge in [-0.25, -0.2) is 0 Å². The van der Waals surface area contributed by atoms with Gasteiger partial charge in [-0.2, -0.15) is 0 Å². The zero-order valence-electron chi connectivity index (χ0n) is 10.8. The number of benzene rings is 1. The van der Waals surface area contributed by atoms with E-state index in [1.807, 2.05) is 24.3 Å². The molecule has 0 aliphatic carbocycles. The molecule has 100 valence electrons. The third-order valence-electron chi connectivity index (χ3n) is 3.52. The number of hydrogen-bond donors (Lipinski definition) is 0. The summed E-state index contributed by atoms with van der Waals surface area (Å²) in [6, 6.07) is 7.99. The molecule has 5 heteroatoms. The standard InChI is InChI=1S/C14H16ClN3O/c1-2-10-9-18(7-8-19-10)14-12-6-4-3-5-11(12)13(15)16-17-14/h3-6,10H,2,7-9H2,1H3. The molecular weight excluding hydrogens is 262 g/mol. The van der Waals surface area contributed by atoms with Crippen molar-refractivity contribution in [3.05, 3.63) is 29.4 Å². The van der Waals surface area contributed by atoms with Gasteiger partial charge in [0.1, 0.15) is 0 Å². The van der Waals surface area contributed by atoms with Crippen molar-refractivity contribution in [2.75, 3.05) is 24.6 Å². The Hall–Kier alpha value is -1.39. The predicted octanol–water partition coefficient (Wildman–Crippen LogP) is 2.90. The molecule has 1 aliphatic rings. The van der Waals surface area contributed by atoms with Gasteiger partial charge >= 0.3 is 0 Å². The van der Waals surface area contributed by atoms with E-state index in [9.17, 15) is 0 Å². The minimum absolute atomic E-state index is 0.269. The Labute approximate surface area is 117 Å². The van der Waals surface area contributed by atoms with Crippen LogP contribution < -0.4 is 4.90 Å². The molecule has 0 saturated carbocycles. The molecular formula is C14H16ClN3O. The van der Waals surface area contributed by atoms with Crippen LogP contribution in [-0.4, -0.2) is 36.0 Å². The zero-order chi connectivity index (χ0) is 13.2. The highest BCUT2D eigenvalue weighted by molar-refractivity contribution is 6.34. The molecule has 0 bridgehead atoms. The number of nitrogens with zero attached hydrogens (tertiary/aromatic N) is 3. The van der Waals surface area contributed by atoms with Gasteiger partial charge in [-0.05, 0) is 6.42 Å². The van der Waals surface area contributed by atoms with Crippen molar-refractivity contribution >= 4 is 28.2 Å². The highest BCUT2D eigenvalue weighted by Crippen LogP contribution is 2.29. The van der Waals surface area contributed by atoms with Crippen LogP contribution in [0.25, 0.3) is 10.8 Å². The summed E-state index contributed by atoms with van der Waals surface area (Å²) in [7, 11) is 0. The van der Waals surface area contributed by atoms with E-state index >= 15 is 0 Å². The molecule has 1 atom stereocenters. The summed E-state index contributed by atoms with van der Waals surface area (Å²) in [5.74, 6) is 0.904. The number of anilines is 1. The van der Waals surface area contributed by atoms with Gasteiger partial charge in [0.2, 0.25) is 0 Å². The van der Waals surface area contributed by atoms with E-state index < -0.39 is 0 Å². The van der Waals surface area contributed by atoms with Gasteiger partial charge in [-0.3, -0.25) is 0 Å². The predicted molar refractivity (Wildman–Crippen MR) is 76.8 cm³/mol. The van der Waals surface area contributed by atoms with Crippen molar-refractivity contribution in [1.29, 1.82) is 0 Å². The zero-order valence-corrected chi connectivity index (χ0v) is 11.6. The van der Waals surface area contributed by atoms with E-state index in [4.69, 9.17) is 16.3 Å². The second-order valence-electron chi connectivity index (χ2n) is 4.71. The third-order valence-corrected chi connectivity index (χ3v) is 3.80. The maximum absolute atomic E-state index is 6.11. The van der Waals surface area contributed by atoms with E-state index in [1.54, 1.807) is 0 Å². The second-order valence-corrected chi connectivity index (χ2v) is 5.07. The van der Waals surface area contributed by atoms with E-state index in [1.165, 1.54) is 0 Å². The van der Waals surface area contributed by atoms with Gasteiger partial charge in [0.05, 0.1) is 12.7 Å². The minimum atomic E-state index is 0.269. The maximum atomic E-state index is 6.11. The van der Waals surface area contributed by atoms with Crippen LogP contribution in [0.2, 0.25) is 5.15 Å². The van der Waals surface area contributed by atoms with Crippen LogP contribution in [-0.2, 0) is 4.74 Å². The number of halogens is 1. The summed E-state index contributed by atoms with van der Waals surface area (Å²) in [5.41, 5.74) is 0. The Balaban J connectivity index is 2.03. The van der Waals surface area contributed by atoms with Crippen LogP contribution in [0, 0.1) is 0 Å². The van der Waals surface area contributed by atoms with E-state index in [2.05, 4.69) is 22.0 Å². The third kappa shape index (κ3) is 2.38. The number of aromatic nitrogens is 2. The van der Waals surface area contributed by atoms with E-state index in [0.29, 0.717) is 5.15 Å². The topological polar surface area (TPSA) is 38.2 Å². The molecule has 1 aromatic heterocycles. The average molecular weight is 278 g/mol. The van der Waals surface area contributed by atoms with Crippen molar-refractivity contribution in [3.8, 4) is 0 Å². The fourth-order valence-corrected chi connectivity index (χ4v) is 2.65. The summed E-state index contributed by atoms with van der Waals surface area (Å²) < 4.78 is 5.70. The molecule has 4 nitrogen and oxygen atoms in total. The summed E-state index contributed by atoms with van der Waals surface area (Å²) in [6.45, 7) is 4.57. The lowest BCUT2D eigenvalue weighted by Crippen LogP contribution is -2.42. The van der Waals surface area contributed by atoms with Gasteiger partial charge in [0, 0.05) is 23.9 Å². The molecule has 1 aromatic carbocycles. The lowest BCUT2D eigenvalue weighted by Gasteiger charge is -2.33. The molecule has 1 saturated heterocycles. The number of rotatable bonds is 2. The lowest BCUT2D eigenvalue weighted by atomic mass is 10.1. The van der Waals surface area contributed by atoms with Gasteiger partial charge in [0.25, 0.3) is 0 Å². The monoisotopic (exact) mass is 277 g/mol. The summed E-state index contributed by atoms with van der Waals surface area (Å²) in [5, 5.41) is 10.8. The SMILES string of the molecule is CCC1CN(c2nnc(Cl)c3ccccc23)CCO1. The molecule has 3 rings (SSSR count). The first-order chi connectivity index (χ1) is 9.29. The molecule has 0 N–H and O–H groups in total. The van der Waals surface area contributed by atoms with Crippen molar-refractivity contribution in [1.82, 2.24) is 10.2 Å². The highest BCUT2D eigenvalue weighted by atomic mass is 35.5. The highest BCUT2D eigenvalue weighted by Gasteiger charge is 2.22. The lowest BCUT2D eigenvalue weighted by molar-refractivity contribution is 0.0382. The van der Waals surface area contributed by atoms with Crippen LogP contribution >= 0.6 is 11.6 Å². The van der Waals surface area contributed by atoms with Crippen LogP contribution in [0.5, 0.6) is 0 Å². The molecule has 0 amide bonds. The summed E-state index contributed by atoms with van der Waals surface area (Å²) >= 11 is 6.11. The number of ether oxygens (including phenoxy) is 1. The first-order valence-corrected chi connectivity index (χ1v) is 6.95. The summed E-state index contributed by atoms with van der Waals surface area (Å²) in [4.78, 5) is 2.24. The first kappa shape index (κ1) is 12.6. The van der Waals surface area contributed by atoms with Crippen LogP contribution in [0.4, 0.5) is 5.82 Å². The molecule has 0 spiro atoms. The Morgan fingerprint density at radius 1 is 1.32 bits per heavy atom. The molecule has 0 radical (unpaired) electrons. The molecule has 1 unspecified atom stereocenters. The molecule has 1 fully saturated rings. The second kappa shape index (κ2) is 5.31. The quantitative estimate of drug-likeness (QED) is 0.846. The molecule has 19 heavy (non-hydrogen) atoms. The minimum Gasteiger partial charge on any atom is -0.375 e. The number of fused-ring (bicyclic) bond motifs is 1. The van der Waals surface area contributed by atoms with Gasteiger partial charge < -0.3 is 9.64 Å². The van der Waals surface area contributed by atoms with Crippen molar-refractivity contribution in [3.63, 3.8) is 0 Å². The van der Waals surface area contributed by atoms with Crippen molar-refractivity contribution in [2.45, 2.75) is 19.4 Å². The number of hydrogen-bond acceptors (Lipinski definition) is 4. The van der Waals surface area contributed by atoms with Crippen LogP contribution in [0.1, 0.15) is 13.3 Å². The molecule has 2 aromatic rings. The normalized spacial score (nSPS) is 19.9. The first-order valence-electron chi connectivity index (χ1n) is 6.57. The fourth-order valence-electron chi connectivity index (χ4n) is 2.45. The van der Waals surface area contributed by atoms with Crippen LogP contribution in [0.3, 0.4) is 0 Å². The Morgan fingerprint density at radius 2 is 2.11 bits per heavy atom. The molecule has 2 heterocycles. The van der Waals surface area contributed by atoms with E-state index in [-0.39, 0.29) is 6.10 Å². The van der Waals surface area contributed by atoms with Crippen molar-refractivity contribution < 1.29 is 4.74 Å². The van der Waals surface area contributed by atoms with Gasteiger partial charge in [-0.15, -0.1) is 10.2 Å². The van der Waals surface area contributed by atoms with Gasteiger partial charge in [0.15, 0.2) is 11.0 Å². The maximum Gasteiger partial charge on any atom is 0.159 e. The fraction of sp³-hybridized carbons (Fsp3) is 0.429. The van der Waals surface area contributed by atoms with Gasteiger partial charge in [-0.1, -0.05) is 42.8 Å². The smallest absolute Gasteiger partial charge is 0.159 e. The van der Waals surface area contributed by atoms with Crippen LogP contribution in [0.15, 0.2) is 24.3 Å². The Kier molecular flexibility index (Phi) is 3.53. The van der Waals surface area contributed by atoms with Crippen molar-refractivity contribution in [2.24, 2.45) is 0 Å². The number of morpholine rings is 1. The van der Waals surface area contributed by atoms with E-state index in [0.717, 1.165) is 42.7 Å². The Morgan fingerprint density at radius 3 is 2.89 bits per heavy atom.